The van der Waals surface area contributed by atoms with Crippen molar-refractivity contribution in [1.29, 1.82) is 0 Å². The number of hydrogen-bond acceptors (Lipinski definition) is 5. The minimum atomic E-state index is -0.268. The van der Waals surface area contributed by atoms with Crippen LogP contribution in [0.2, 0.25) is 0 Å². The molecule has 1 aromatic rings. The van der Waals surface area contributed by atoms with Gasteiger partial charge in [-0.25, -0.2) is 0 Å². The molecule has 1 aromatic heterocycles. The maximum Gasteiger partial charge on any atom is 0.236 e. The zero-order chi connectivity index (χ0) is 13.5. The van der Waals surface area contributed by atoms with Crippen LogP contribution in [-0.4, -0.2) is 28.6 Å². The molecule has 0 saturated carbocycles. The normalized spacial score (nSPS) is 12.7. The largest absolute Gasteiger partial charge is 0.355 e. The van der Waals surface area contributed by atoms with Crippen molar-refractivity contribution in [3.05, 3.63) is 11.7 Å². The van der Waals surface area contributed by atoms with E-state index in [4.69, 9.17) is 4.52 Å². The number of carbonyl (C=O) groups excluding carboxylic acids is 1. The van der Waals surface area contributed by atoms with Gasteiger partial charge in [0.05, 0.1) is 12.6 Å². The first kappa shape index (κ1) is 14.6. The first-order valence-corrected chi connectivity index (χ1v) is 6.29. The van der Waals surface area contributed by atoms with Gasteiger partial charge in [0, 0.05) is 13.5 Å². The van der Waals surface area contributed by atoms with Crippen molar-refractivity contribution < 1.29 is 9.32 Å². The number of amides is 1. The molecule has 0 aliphatic carbocycles. The summed E-state index contributed by atoms with van der Waals surface area (Å²) in [7, 11) is 0. The van der Waals surface area contributed by atoms with E-state index in [1.807, 2.05) is 6.92 Å². The summed E-state index contributed by atoms with van der Waals surface area (Å²) in [5.41, 5.74) is 0. The molecule has 102 valence electrons. The van der Waals surface area contributed by atoms with Crippen molar-refractivity contribution in [2.75, 3.05) is 6.54 Å². The van der Waals surface area contributed by atoms with E-state index in [0.717, 1.165) is 6.42 Å². The lowest BCUT2D eigenvalue weighted by atomic mass is 10.1. The van der Waals surface area contributed by atoms with E-state index in [1.165, 1.54) is 0 Å². The Morgan fingerprint density at radius 2 is 2.11 bits per heavy atom. The number of hydrogen-bond donors (Lipinski definition) is 2. The Morgan fingerprint density at radius 3 is 2.67 bits per heavy atom. The van der Waals surface area contributed by atoms with Crippen LogP contribution in [0.1, 0.15) is 38.9 Å². The summed E-state index contributed by atoms with van der Waals surface area (Å²) in [6.07, 6.45) is 0.989. The van der Waals surface area contributed by atoms with Crippen LogP contribution in [0.25, 0.3) is 0 Å². The highest BCUT2D eigenvalue weighted by Crippen LogP contribution is 1.97. The summed E-state index contributed by atoms with van der Waals surface area (Å²) >= 11 is 0. The van der Waals surface area contributed by atoms with Crippen molar-refractivity contribution in [2.45, 2.75) is 46.7 Å². The smallest absolute Gasteiger partial charge is 0.236 e. The molecule has 6 nitrogen and oxygen atoms in total. The van der Waals surface area contributed by atoms with Crippen LogP contribution in [0, 0.1) is 12.8 Å². The Bertz CT molecular complexity index is 376. The van der Waals surface area contributed by atoms with Crippen LogP contribution < -0.4 is 10.6 Å². The predicted octanol–water partition coefficient (Wildman–Crippen LogP) is 1.02. The Labute approximate surface area is 108 Å². The lowest BCUT2D eigenvalue weighted by Crippen LogP contribution is -2.42. The van der Waals surface area contributed by atoms with Crippen molar-refractivity contribution in [3.8, 4) is 0 Å². The standard InChI is InChI=1S/C12H22N4O2/c1-8(2)5-6-13-12(17)9(3)14-7-11-15-10(4)18-16-11/h8-9,14H,5-7H2,1-4H3,(H,13,17). The van der Waals surface area contributed by atoms with Gasteiger partial charge in [0.2, 0.25) is 11.8 Å². The molecule has 1 amide bonds. The fourth-order valence-electron chi connectivity index (χ4n) is 1.39. The van der Waals surface area contributed by atoms with Gasteiger partial charge in [-0.05, 0) is 19.3 Å². The molecular formula is C12H22N4O2. The van der Waals surface area contributed by atoms with Gasteiger partial charge in [-0.3, -0.25) is 10.1 Å². The molecule has 6 heteroatoms. The molecule has 0 spiro atoms. The van der Waals surface area contributed by atoms with Crippen molar-refractivity contribution in [2.24, 2.45) is 5.92 Å². The fourth-order valence-corrected chi connectivity index (χ4v) is 1.39. The van der Waals surface area contributed by atoms with E-state index < -0.39 is 0 Å². The van der Waals surface area contributed by atoms with Gasteiger partial charge < -0.3 is 9.84 Å². The molecule has 1 rings (SSSR count). The van der Waals surface area contributed by atoms with Crippen LogP contribution >= 0.6 is 0 Å². The molecular weight excluding hydrogens is 232 g/mol. The molecule has 18 heavy (non-hydrogen) atoms. The Morgan fingerprint density at radius 1 is 1.39 bits per heavy atom. The number of nitrogens with one attached hydrogen (secondary N) is 2. The highest BCUT2D eigenvalue weighted by atomic mass is 16.5. The summed E-state index contributed by atoms with van der Waals surface area (Å²) in [5.74, 6) is 1.68. The lowest BCUT2D eigenvalue weighted by Gasteiger charge is -2.13. The molecule has 0 bridgehead atoms. The number of nitrogens with zero attached hydrogens (tertiary/aromatic N) is 2. The van der Waals surface area contributed by atoms with Crippen LogP contribution in [0.3, 0.4) is 0 Å². The van der Waals surface area contributed by atoms with Crippen LogP contribution in [0.4, 0.5) is 0 Å². The Kier molecular flexibility index (Phi) is 5.77. The number of rotatable bonds is 7. The molecule has 1 atom stereocenters. The van der Waals surface area contributed by atoms with Gasteiger partial charge in [0.15, 0.2) is 5.82 Å². The topological polar surface area (TPSA) is 80.0 Å². The van der Waals surface area contributed by atoms with E-state index in [0.29, 0.717) is 30.7 Å². The monoisotopic (exact) mass is 254 g/mol. The van der Waals surface area contributed by atoms with Crippen molar-refractivity contribution >= 4 is 5.91 Å². The third-order valence-corrected chi connectivity index (χ3v) is 2.55. The van der Waals surface area contributed by atoms with E-state index in [-0.39, 0.29) is 11.9 Å². The number of aromatic nitrogens is 2. The molecule has 1 unspecified atom stereocenters. The lowest BCUT2D eigenvalue weighted by molar-refractivity contribution is -0.122. The first-order chi connectivity index (χ1) is 8.49. The Hall–Kier alpha value is -1.43. The second-order valence-corrected chi connectivity index (χ2v) is 4.81. The van der Waals surface area contributed by atoms with Crippen molar-refractivity contribution in [1.82, 2.24) is 20.8 Å². The van der Waals surface area contributed by atoms with E-state index in [1.54, 1.807) is 6.92 Å². The Balaban J connectivity index is 2.23. The van der Waals surface area contributed by atoms with E-state index >= 15 is 0 Å². The summed E-state index contributed by atoms with van der Waals surface area (Å²) in [5, 5.41) is 9.69. The van der Waals surface area contributed by atoms with E-state index in [2.05, 4.69) is 34.6 Å². The third-order valence-electron chi connectivity index (χ3n) is 2.55. The van der Waals surface area contributed by atoms with Gasteiger partial charge in [-0.2, -0.15) is 4.98 Å². The van der Waals surface area contributed by atoms with Gasteiger partial charge in [0.1, 0.15) is 0 Å². The van der Waals surface area contributed by atoms with Gasteiger partial charge in [-0.1, -0.05) is 19.0 Å². The quantitative estimate of drug-likeness (QED) is 0.759. The zero-order valence-corrected chi connectivity index (χ0v) is 11.5. The highest BCUT2D eigenvalue weighted by Gasteiger charge is 2.12. The van der Waals surface area contributed by atoms with Crippen LogP contribution in [-0.2, 0) is 11.3 Å². The second-order valence-electron chi connectivity index (χ2n) is 4.81. The molecule has 2 N–H and O–H groups in total. The molecule has 1 heterocycles. The molecule has 0 aliphatic heterocycles. The fraction of sp³-hybridized carbons (Fsp3) is 0.750. The number of aryl methyl sites for hydroxylation is 1. The minimum Gasteiger partial charge on any atom is -0.355 e. The molecule has 0 radical (unpaired) electrons. The zero-order valence-electron chi connectivity index (χ0n) is 11.5. The highest BCUT2D eigenvalue weighted by molar-refractivity contribution is 5.81. The van der Waals surface area contributed by atoms with Crippen LogP contribution in [0.5, 0.6) is 0 Å². The predicted molar refractivity (Wildman–Crippen MR) is 67.8 cm³/mol. The molecule has 0 aliphatic rings. The molecule has 0 aromatic carbocycles. The third kappa shape index (κ3) is 5.27. The van der Waals surface area contributed by atoms with Gasteiger partial charge in [0.25, 0.3) is 0 Å². The average Bonchev–Trinajstić information content (AvgIpc) is 2.71. The molecule has 0 fully saturated rings. The summed E-state index contributed by atoms with van der Waals surface area (Å²) in [4.78, 5) is 15.8. The van der Waals surface area contributed by atoms with Gasteiger partial charge >= 0.3 is 0 Å². The summed E-state index contributed by atoms with van der Waals surface area (Å²) < 4.78 is 4.85. The summed E-state index contributed by atoms with van der Waals surface area (Å²) in [6.45, 7) is 8.95. The molecule has 0 saturated heterocycles. The average molecular weight is 254 g/mol. The minimum absolute atomic E-state index is 0.00383. The number of carbonyl (C=O) groups is 1. The first-order valence-electron chi connectivity index (χ1n) is 6.29. The van der Waals surface area contributed by atoms with Crippen molar-refractivity contribution in [3.63, 3.8) is 0 Å². The maximum absolute atomic E-state index is 11.7. The van der Waals surface area contributed by atoms with Crippen LogP contribution in [0.15, 0.2) is 4.52 Å². The maximum atomic E-state index is 11.7. The SMILES string of the molecule is Cc1nc(CNC(C)C(=O)NCCC(C)C)no1. The van der Waals surface area contributed by atoms with E-state index in [9.17, 15) is 4.79 Å². The summed E-state index contributed by atoms with van der Waals surface area (Å²) in [6, 6.07) is -0.268. The van der Waals surface area contributed by atoms with Gasteiger partial charge in [-0.15, -0.1) is 0 Å². The second kappa shape index (κ2) is 7.10.